The largest absolute Gasteiger partial charge is 0.393 e. The summed E-state index contributed by atoms with van der Waals surface area (Å²) in [4.78, 5) is 22.3. The number of nitro groups is 1. The normalized spacial score (nSPS) is 21.9. The Balaban J connectivity index is 1.99. The van der Waals surface area contributed by atoms with Gasteiger partial charge in [-0.25, -0.2) is 0 Å². The van der Waals surface area contributed by atoms with Gasteiger partial charge in [0, 0.05) is 19.2 Å². The molecule has 0 spiro atoms. The Morgan fingerprint density at radius 2 is 2.35 bits per heavy atom. The highest BCUT2D eigenvalue weighted by Crippen LogP contribution is 2.24. The van der Waals surface area contributed by atoms with Crippen LogP contribution in [0.4, 0.5) is 5.69 Å². The number of rotatable bonds is 5. The van der Waals surface area contributed by atoms with Crippen molar-refractivity contribution in [1.82, 2.24) is 9.88 Å². The zero-order valence-electron chi connectivity index (χ0n) is 11.4. The number of aromatic nitrogens is 1. The first-order valence-corrected chi connectivity index (χ1v) is 6.82. The van der Waals surface area contributed by atoms with Crippen LogP contribution in [0, 0.1) is 16.0 Å². The van der Waals surface area contributed by atoms with E-state index in [1.807, 2.05) is 6.92 Å². The highest BCUT2D eigenvalue weighted by molar-refractivity contribution is 5.93. The maximum absolute atomic E-state index is 12.1. The van der Waals surface area contributed by atoms with Crippen LogP contribution >= 0.6 is 0 Å². The maximum Gasteiger partial charge on any atom is 0.287 e. The zero-order chi connectivity index (χ0) is 14.7. The van der Waals surface area contributed by atoms with Crippen molar-refractivity contribution < 1.29 is 14.8 Å². The SMILES string of the molecule is CCn1cc([N+](=O)[O-])cc1C(=O)NCC1CCC(O)C1. The summed E-state index contributed by atoms with van der Waals surface area (Å²) in [6, 6.07) is 1.29. The predicted molar refractivity (Wildman–Crippen MR) is 72.4 cm³/mol. The maximum atomic E-state index is 12.1. The summed E-state index contributed by atoms with van der Waals surface area (Å²) in [5, 5.41) is 23.0. The molecule has 0 aliphatic heterocycles. The molecular weight excluding hydrogens is 262 g/mol. The Bertz CT molecular complexity index is 512. The molecule has 1 aliphatic carbocycles. The molecule has 1 fully saturated rings. The van der Waals surface area contributed by atoms with E-state index < -0.39 is 4.92 Å². The second-order valence-corrected chi connectivity index (χ2v) is 5.17. The third-order valence-electron chi connectivity index (χ3n) is 3.73. The molecule has 20 heavy (non-hydrogen) atoms. The molecule has 0 radical (unpaired) electrons. The molecule has 2 atom stereocenters. The first-order chi connectivity index (χ1) is 9.51. The molecule has 1 amide bonds. The average Bonchev–Trinajstić information content (AvgIpc) is 3.01. The molecule has 0 aromatic carbocycles. The van der Waals surface area contributed by atoms with Gasteiger partial charge in [-0.05, 0) is 32.1 Å². The number of carbonyl (C=O) groups is 1. The fourth-order valence-corrected chi connectivity index (χ4v) is 2.61. The molecule has 1 heterocycles. The standard InChI is InChI=1S/C13H19N3O4/c1-2-15-8-10(16(19)20)6-12(15)13(18)14-7-9-3-4-11(17)5-9/h6,8-9,11,17H,2-5,7H2,1H3,(H,14,18). The predicted octanol–water partition coefficient (Wildman–Crippen LogP) is 1.31. The number of aliphatic hydroxyl groups is 1. The van der Waals surface area contributed by atoms with E-state index >= 15 is 0 Å². The fourth-order valence-electron chi connectivity index (χ4n) is 2.61. The van der Waals surface area contributed by atoms with E-state index in [2.05, 4.69) is 5.32 Å². The van der Waals surface area contributed by atoms with Crippen molar-refractivity contribution in [3.8, 4) is 0 Å². The summed E-state index contributed by atoms with van der Waals surface area (Å²) in [6.45, 7) is 2.82. The van der Waals surface area contributed by atoms with E-state index in [0.717, 1.165) is 12.8 Å². The van der Waals surface area contributed by atoms with Crippen LogP contribution in [0.25, 0.3) is 0 Å². The number of carbonyl (C=O) groups excluding carboxylic acids is 1. The molecule has 1 saturated carbocycles. The van der Waals surface area contributed by atoms with Crippen molar-refractivity contribution in [2.75, 3.05) is 6.54 Å². The van der Waals surface area contributed by atoms with Crippen LogP contribution in [0.2, 0.25) is 0 Å². The summed E-state index contributed by atoms with van der Waals surface area (Å²) < 4.78 is 1.57. The Morgan fingerprint density at radius 3 is 2.90 bits per heavy atom. The van der Waals surface area contributed by atoms with Gasteiger partial charge in [-0.1, -0.05) is 0 Å². The third-order valence-corrected chi connectivity index (χ3v) is 3.73. The van der Waals surface area contributed by atoms with Crippen molar-refractivity contribution in [1.29, 1.82) is 0 Å². The summed E-state index contributed by atoms with van der Waals surface area (Å²) in [5.74, 6) is -0.0182. The summed E-state index contributed by atoms with van der Waals surface area (Å²) in [6.07, 6.45) is 3.48. The van der Waals surface area contributed by atoms with Crippen molar-refractivity contribution in [2.24, 2.45) is 5.92 Å². The van der Waals surface area contributed by atoms with Gasteiger partial charge < -0.3 is 15.0 Å². The van der Waals surface area contributed by atoms with E-state index in [1.165, 1.54) is 12.3 Å². The van der Waals surface area contributed by atoms with Gasteiger partial charge in [0.1, 0.15) is 5.69 Å². The molecule has 1 aromatic rings. The van der Waals surface area contributed by atoms with Gasteiger partial charge in [0.2, 0.25) is 0 Å². The second-order valence-electron chi connectivity index (χ2n) is 5.17. The van der Waals surface area contributed by atoms with E-state index in [9.17, 15) is 20.0 Å². The van der Waals surface area contributed by atoms with Crippen LogP contribution in [0.1, 0.15) is 36.7 Å². The van der Waals surface area contributed by atoms with Gasteiger partial charge in [0.05, 0.1) is 17.2 Å². The zero-order valence-corrected chi connectivity index (χ0v) is 11.4. The van der Waals surface area contributed by atoms with Crippen molar-refractivity contribution in [3.63, 3.8) is 0 Å². The molecule has 2 rings (SSSR count). The molecule has 2 N–H and O–H groups in total. The van der Waals surface area contributed by atoms with Crippen LogP contribution < -0.4 is 5.32 Å². The average molecular weight is 281 g/mol. The highest BCUT2D eigenvalue weighted by atomic mass is 16.6. The van der Waals surface area contributed by atoms with E-state index in [1.54, 1.807) is 4.57 Å². The third kappa shape index (κ3) is 3.16. The lowest BCUT2D eigenvalue weighted by molar-refractivity contribution is -0.384. The minimum atomic E-state index is -0.504. The number of aliphatic hydroxyl groups excluding tert-OH is 1. The lowest BCUT2D eigenvalue weighted by Crippen LogP contribution is -2.30. The molecular formula is C13H19N3O4. The Labute approximate surface area is 116 Å². The van der Waals surface area contributed by atoms with Crippen molar-refractivity contribution in [3.05, 3.63) is 28.1 Å². The van der Waals surface area contributed by atoms with Crippen LogP contribution in [0.15, 0.2) is 12.3 Å². The topological polar surface area (TPSA) is 97.4 Å². The number of nitrogens with one attached hydrogen (secondary N) is 1. The molecule has 1 aliphatic rings. The second kappa shape index (κ2) is 6.04. The van der Waals surface area contributed by atoms with Crippen molar-refractivity contribution in [2.45, 2.75) is 38.8 Å². The van der Waals surface area contributed by atoms with Crippen LogP contribution in [-0.2, 0) is 6.54 Å². The van der Waals surface area contributed by atoms with Gasteiger partial charge in [-0.15, -0.1) is 0 Å². The van der Waals surface area contributed by atoms with Gasteiger partial charge in [-0.2, -0.15) is 0 Å². The van der Waals surface area contributed by atoms with Crippen molar-refractivity contribution >= 4 is 11.6 Å². The molecule has 1 aromatic heterocycles. The van der Waals surface area contributed by atoms with E-state index in [4.69, 9.17) is 0 Å². The van der Waals surface area contributed by atoms with Gasteiger partial charge in [-0.3, -0.25) is 14.9 Å². The number of hydrogen-bond acceptors (Lipinski definition) is 4. The van der Waals surface area contributed by atoms with Gasteiger partial charge in [0.15, 0.2) is 0 Å². The first-order valence-electron chi connectivity index (χ1n) is 6.82. The minimum absolute atomic E-state index is 0.0757. The van der Waals surface area contributed by atoms with Crippen LogP contribution in [0.3, 0.4) is 0 Å². The number of aryl methyl sites for hydroxylation is 1. The van der Waals surface area contributed by atoms with Crippen LogP contribution in [-0.4, -0.2) is 33.2 Å². The fraction of sp³-hybridized carbons (Fsp3) is 0.615. The molecule has 2 unspecified atom stereocenters. The molecule has 7 nitrogen and oxygen atoms in total. The molecule has 0 saturated heterocycles. The molecule has 7 heteroatoms. The summed E-state index contributed by atoms with van der Waals surface area (Å²) >= 11 is 0. The van der Waals surface area contributed by atoms with E-state index in [0.29, 0.717) is 25.2 Å². The van der Waals surface area contributed by atoms with Gasteiger partial charge >= 0.3 is 0 Å². The smallest absolute Gasteiger partial charge is 0.287 e. The number of amides is 1. The first kappa shape index (κ1) is 14.5. The Morgan fingerprint density at radius 1 is 1.60 bits per heavy atom. The molecule has 0 bridgehead atoms. The van der Waals surface area contributed by atoms with Crippen LogP contribution in [0.5, 0.6) is 0 Å². The Kier molecular flexibility index (Phi) is 4.39. The number of hydrogen-bond donors (Lipinski definition) is 2. The van der Waals surface area contributed by atoms with Gasteiger partial charge in [0.25, 0.3) is 11.6 Å². The lowest BCUT2D eigenvalue weighted by atomic mass is 10.1. The summed E-state index contributed by atoms with van der Waals surface area (Å²) in [7, 11) is 0. The molecule has 110 valence electrons. The summed E-state index contributed by atoms with van der Waals surface area (Å²) in [5.41, 5.74) is 0.228. The lowest BCUT2D eigenvalue weighted by Gasteiger charge is -2.11. The minimum Gasteiger partial charge on any atom is -0.393 e. The highest BCUT2D eigenvalue weighted by Gasteiger charge is 2.24. The quantitative estimate of drug-likeness (QED) is 0.628. The Hall–Kier alpha value is -1.89. The van der Waals surface area contributed by atoms with E-state index in [-0.39, 0.29) is 23.6 Å². The number of nitrogens with zero attached hydrogens (tertiary/aromatic N) is 2. The monoisotopic (exact) mass is 281 g/mol.